The predicted molar refractivity (Wildman–Crippen MR) is 54.6 cm³/mol. The molecule has 6 heteroatoms. The second-order valence-corrected chi connectivity index (χ2v) is 4.61. The number of carbonyl (C=O) groups is 2. The highest BCUT2D eigenvalue weighted by Crippen LogP contribution is 2.51. The van der Waals surface area contributed by atoms with Gasteiger partial charge in [-0.25, -0.2) is 0 Å². The van der Waals surface area contributed by atoms with Crippen LogP contribution in [0.3, 0.4) is 0 Å². The maximum Gasteiger partial charge on any atom is 0.236 e. The second-order valence-electron chi connectivity index (χ2n) is 4.61. The quantitative estimate of drug-likeness (QED) is 0.452. The van der Waals surface area contributed by atoms with Crippen molar-refractivity contribution in [3.63, 3.8) is 0 Å². The number of ether oxygens (including phenoxy) is 1. The van der Waals surface area contributed by atoms with E-state index in [4.69, 9.17) is 9.84 Å². The van der Waals surface area contributed by atoms with Gasteiger partial charge in [0.25, 0.3) is 0 Å². The number of nitrogens with zero attached hydrogens (tertiary/aromatic N) is 1. The van der Waals surface area contributed by atoms with Crippen LogP contribution in [0.5, 0.6) is 0 Å². The number of hydrogen-bond acceptors (Lipinski definition) is 5. The van der Waals surface area contributed by atoms with Crippen LogP contribution in [-0.4, -0.2) is 58.4 Å². The summed E-state index contributed by atoms with van der Waals surface area (Å²) in [6, 6.07) is 0. The minimum Gasteiger partial charge on any atom is -0.395 e. The highest BCUT2D eigenvalue weighted by Gasteiger charge is 2.67. The van der Waals surface area contributed by atoms with Gasteiger partial charge in [0.1, 0.15) is 5.60 Å². The van der Waals surface area contributed by atoms with Crippen LogP contribution in [0.25, 0.3) is 0 Å². The summed E-state index contributed by atoms with van der Waals surface area (Å²) in [5.41, 5.74) is -1.04. The molecule has 3 heterocycles. The average Bonchev–Trinajstić information content (AvgIpc) is 2.96. The lowest BCUT2D eigenvalue weighted by Gasteiger charge is -2.26. The Bertz CT molecular complexity index is 420. The van der Waals surface area contributed by atoms with Crippen LogP contribution in [0.4, 0.5) is 0 Å². The number of likely N-dealkylation sites (tertiary alicyclic amines) is 1. The van der Waals surface area contributed by atoms with Crippen molar-refractivity contribution in [1.82, 2.24) is 4.90 Å². The number of fused-ring (bicyclic) bond motifs is 5. The fraction of sp³-hybridized carbons (Fsp3) is 0.636. The maximum atomic E-state index is 12.1. The zero-order valence-corrected chi connectivity index (χ0v) is 9.07. The molecule has 0 saturated carbocycles. The molecule has 0 aliphatic carbocycles. The molecule has 2 amide bonds. The summed E-state index contributed by atoms with van der Waals surface area (Å²) in [6.07, 6.45) is 2.98. The van der Waals surface area contributed by atoms with E-state index in [2.05, 4.69) is 0 Å². The average molecular weight is 239 g/mol. The van der Waals surface area contributed by atoms with Gasteiger partial charge >= 0.3 is 0 Å². The van der Waals surface area contributed by atoms with Crippen LogP contribution in [0.1, 0.15) is 0 Å². The summed E-state index contributed by atoms with van der Waals surface area (Å²) >= 11 is 0. The van der Waals surface area contributed by atoms with Crippen LogP contribution in [0.2, 0.25) is 0 Å². The molecule has 0 spiro atoms. The lowest BCUT2D eigenvalue weighted by molar-refractivity contribution is -0.145. The Morgan fingerprint density at radius 1 is 1.35 bits per heavy atom. The molecular weight excluding hydrogens is 226 g/mol. The monoisotopic (exact) mass is 239 g/mol. The Kier molecular flexibility index (Phi) is 2.16. The molecule has 3 rings (SSSR count). The SMILES string of the molecule is O=C1[C@H]2[C@@H](C(=O)N1CCO)[C@@]1(CO)C=C[C@H]2O1. The van der Waals surface area contributed by atoms with Gasteiger partial charge in [-0.3, -0.25) is 14.5 Å². The number of β-amino-alcohol motifs (C(OH)–C–C–N with tert-alkyl or cyclic N) is 1. The molecule has 6 nitrogen and oxygen atoms in total. The summed E-state index contributed by atoms with van der Waals surface area (Å²) in [4.78, 5) is 25.2. The molecule has 3 aliphatic heterocycles. The van der Waals surface area contributed by atoms with Crippen molar-refractivity contribution >= 4 is 11.8 Å². The first kappa shape index (κ1) is 10.9. The number of hydrogen-bond donors (Lipinski definition) is 2. The number of aliphatic hydroxyl groups is 2. The molecule has 2 fully saturated rings. The minimum atomic E-state index is -1.04. The van der Waals surface area contributed by atoms with Gasteiger partial charge in [-0.05, 0) is 0 Å². The largest absolute Gasteiger partial charge is 0.395 e. The maximum absolute atomic E-state index is 12.1. The normalized spacial score (nSPS) is 42.7. The Morgan fingerprint density at radius 3 is 2.76 bits per heavy atom. The van der Waals surface area contributed by atoms with Gasteiger partial charge < -0.3 is 14.9 Å². The number of amides is 2. The van der Waals surface area contributed by atoms with Crippen molar-refractivity contribution in [2.75, 3.05) is 19.8 Å². The predicted octanol–water partition coefficient (Wildman–Crippen LogP) is -1.72. The highest BCUT2D eigenvalue weighted by atomic mass is 16.5. The van der Waals surface area contributed by atoms with Crippen LogP contribution in [-0.2, 0) is 14.3 Å². The van der Waals surface area contributed by atoms with E-state index in [0.29, 0.717) is 0 Å². The first-order valence-corrected chi connectivity index (χ1v) is 5.59. The summed E-state index contributed by atoms with van der Waals surface area (Å²) < 4.78 is 5.55. The number of imide groups is 1. The third kappa shape index (κ3) is 1.15. The van der Waals surface area contributed by atoms with Crippen LogP contribution >= 0.6 is 0 Å². The molecule has 92 valence electrons. The third-order valence-electron chi connectivity index (χ3n) is 3.82. The van der Waals surface area contributed by atoms with Gasteiger partial charge in [0.2, 0.25) is 11.8 Å². The Balaban J connectivity index is 1.99. The third-order valence-corrected chi connectivity index (χ3v) is 3.82. The summed E-state index contributed by atoms with van der Waals surface area (Å²) in [7, 11) is 0. The van der Waals surface area contributed by atoms with Crippen LogP contribution in [0, 0.1) is 11.8 Å². The lowest BCUT2D eigenvalue weighted by Crippen LogP contribution is -2.43. The molecular formula is C11H13NO5. The van der Waals surface area contributed by atoms with Gasteiger partial charge in [-0.1, -0.05) is 12.2 Å². The molecule has 0 aromatic rings. The molecule has 0 radical (unpaired) electrons. The Hall–Kier alpha value is -1.24. The van der Waals surface area contributed by atoms with E-state index in [1.807, 2.05) is 0 Å². The summed E-state index contributed by atoms with van der Waals surface area (Å²) in [6.45, 7) is -0.548. The van der Waals surface area contributed by atoms with Crippen molar-refractivity contribution in [3.05, 3.63) is 12.2 Å². The standard InChI is InChI=1S/C11H13NO5/c13-4-3-12-9(15)7-6-1-2-11(5-14,17-6)8(7)10(12)16/h1-2,6-8,13-14H,3-5H2/t6-,7-,8+,11+/m1/s1. The molecule has 0 aromatic carbocycles. The Labute approximate surface area is 97.5 Å². The minimum absolute atomic E-state index is 0.0128. The molecule has 2 saturated heterocycles. The summed E-state index contributed by atoms with van der Waals surface area (Å²) in [5, 5.41) is 18.3. The van der Waals surface area contributed by atoms with Crippen molar-refractivity contribution < 1.29 is 24.5 Å². The highest BCUT2D eigenvalue weighted by molar-refractivity contribution is 6.07. The van der Waals surface area contributed by atoms with Gasteiger partial charge in [-0.2, -0.15) is 0 Å². The molecule has 17 heavy (non-hydrogen) atoms. The molecule has 3 aliphatic rings. The van der Waals surface area contributed by atoms with E-state index in [0.717, 1.165) is 4.90 Å². The van der Waals surface area contributed by atoms with Gasteiger partial charge in [0.15, 0.2) is 0 Å². The number of rotatable bonds is 3. The van der Waals surface area contributed by atoms with Crippen LogP contribution in [0.15, 0.2) is 12.2 Å². The first-order chi connectivity index (χ1) is 8.14. The lowest BCUT2D eigenvalue weighted by atomic mass is 9.77. The van der Waals surface area contributed by atoms with Gasteiger partial charge in [-0.15, -0.1) is 0 Å². The van der Waals surface area contributed by atoms with E-state index in [1.54, 1.807) is 12.2 Å². The molecule has 2 bridgehead atoms. The first-order valence-electron chi connectivity index (χ1n) is 5.59. The van der Waals surface area contributed by atoms with Gasteiger partial charge in [0, 0.05) is 0 Å². The fourth-order valence-electron chi connectivity index (χ4n) is 3.06. The Morgan fingerprint density at radius 2 is 2.12 bits per heavy atom. The van der Waals surface area contributed by atoms with E-state index in [1.165, 1.54) is 0 Å². The van der Waals surface area contributed by atoms with E-state index < -0.39 is 23.5 Å². The van der Waals surface area contributed by atoms with E-state index in [9.17, 15) is 14.7 Å². The number of aliphatic hydroxyl groups excluding tert-OH is 2. The van der Waals surface area contributed by atoms with Crippen molar-refractivity contribution in [2.45, 2.75) is 11.7 Å². The number of carbonyl (C=O) groups excluding carboxylic acids is 2. The van der Waals surface area contributed by atoms with Crippen molar-refractivity contribution in [1.29, 1.82) is 0 Å². The molecule has 2 N–H and O–H groups in total. The fourth-order valence-corrected chi connectivity index (χ4v) is 3.06. The molecule has 0 aromatic heterocycles. The van der Waals surface area contributed by atoms with Gasteiger partial charge in [0.05, 0.1) is 37.7 Å². The molecule has 0 unspecified atom stereocenters. The zero-order chi connectivity index (χ0) is 12.2. The van der Waals surface area contributed by atoms with Crippen LogP contribution < -0.4 is 0 Å². The second kappa shape index (κ2) is 3.38. The van der Waals surface area contributed by atoms with E-state index in [-0.39, 0.29) is 31.6 Å². The smallest absolute Gasteiger partial charge is 0.236 e. The summed E-state index contributed by atoms with van der Waals surface area (Å²) in [5.74, 6) is -1.83. The molecule has 4 atom stereocenters. The van der Waals surface area contributed by atoms with E-state index >= 15 is 0 Å². The van der Waals surface area contributed by atoms with Crippen molar-refractivity contribution in [3.8, 4) is 0 Å². The zero-order valence-electron chi connectivity index (χ0n) is 9.07. The van der Waals surface area contributed by atoms with Crippen molar-refractivity contribution in [2.24, 2.45) is 11.8 Å². The topological polar surface area (TPSA) is 87.1 Å².